The molecule has 0 saturated carbocycles. The van der Waals surface area contributed by atoms with E-state index in [0.29, 0.717) is 6.04 Å². The molecule has 21 heavy (non-hydrogen) atoms. The maximum absolute atomic E-state index is 4.30. The molecule has 2 aromatic heterocycles. The minimum absolute atomic E-state index is 0.426. The van der Waals surface area contributed by atoms with Crippen LogP contribution in [0.1, 0.15) is 40.3 Å². The van der Waals surface area contributed by atoms with Crippen LogP contribution in [-0.4, -0.2) is 22.1 Å². The largest absolute Gasteiger partial charge is 0.309 e. The van der Waals surface area contributed by atoms with Crippen molar-refractivity contribution in [2.75, 3.05) is 12.3 Å². The summed E-state index contributed by atoms with van der Waals surface area (Å²) in [6.07, 6.45) is 7.57. The molecule has 1 atom stereocenters. The topological polar surface area (TPSA) is 29.9 Å². The second kappa shape index (κ2) is 6.99. The fraction of sp³-hybridized carbons (Fsp3) is 0.562. The molecule has 0 fully saturated rings. The number of aromatic nitrogens is 2. The average Bonchev–Trinajstić information content (AvgIpc) is 3.09. The van der Waals surface area contributed by atoms with E-state index in [2.05, 4.69) is 41.4 Å². The van der Waals surface area contributed by atoms with E-state index in [1.54, 1.807) is 10.4 Å². The molecule has 5 heteroatoms. The van der Waals surface area contributed by atoms with Crippen molar-refractivity contribution in [1.29, 1.82) is 0 Å². The predicted octanol–water partition coefficient (Wildman–Crippen LogP) is 3.55. The summed E-state index contributed by atoms with van der Waals surface area (Å²) < 4.78 is 1.89. The number of rotatable bonds is 6. The third kappa shape index (κ3) is 3.71. The second-order valence-electron chi connectivity index (χ2n) is 5.63. The van der Waals surface area contributed by atoms with Crippen molar-refractivity contribution in [3.05, 3.63) is 39.3 Å². The summed E-state index contributed by atoms with van der Waals surface area (Å²) in [5, 5.41) is 8.02. The van der Waals surface area contributed by atoms with Gasteiger partial charge in [-0.1, -0.05) is 6.92 Å². The average molecular weight is 322 g/mol. The molecule has 0 aliphatic carbocycles. The van der Waals surface area contributed by atoms with Gasteiger partial charge in [-0.15, -0.1) is 11.3 Å². The van der Waals surface area contributed by atoms with Gasteiger partial charge in [-0.25, -0.2) is 0 Å². The lowest BCUT2D eigenvalue weighted by molar-refractivity contribution is 0.536. The summed E-state index contributed by atoms with van der Waals surface area (Å²) >= 11 is 4.08. The Morgan fingerprint density at radius 3 is 3.10 bits per heavy atom. The summed E-state index contributed by atoms with van der Waals surface area (Å²) in [4.78, 5) is 3.11. The Morgan fingerprint density at radius 2 is 2.38 bits per heavy atom. The second-order valence-corrected chi connectivity index (χ2v) is 7.91. The highest BCUT2D eigenvalue weighted by Gasteiger charge is 2.19. The molecular formula is C16H23N3S2. The first-order valence-corrected chi connectivity index (χ1v) is 9.63. The van der Waals surface area contributed by atoms with E-state index < -0.39 is 0 Å². The molecule has 2 aromatic rings. The number of aryl methyl sites for hydroxylation is 2. The van der Waals surface area contributed by atoms with Crippen LogP contribution in [0.3, 0.4) is 0 Å². The zero-order valence-electron chi connectivity index (χ0n) is 12.8. The minimum Gasteiger partial charge on any atom is -0.309 e. The molecular weight excluding hydrogens is 298 g/mol. The number of nitrogens with zero attached hydrogens (tertiary/aromatic N) is 2. The van der Waals surface area contributed by atoms with E-state index in [1.165, 1.54) is 34.8 Å². The van der Waals surface area contributed by atoms with Crippen LogP contribution in [0.5, 0.6) is 0 Å². The van der Waals surface area contributed by atoms with Gasteiger partial charge in [-0.2, -0.15) is 16.9 Å². The number of thioether (sulfide) groups is 1. The third-order valence-corrected chi connectivity index (χ3v) is 6.19. The highest BCUT2D eigenvalue weighted by atomic mass is 32.2. The van der Waals surface area contributed by atoms with Gasteiger partial charge in [0, 0.05) is 34.8 Å². The molecule has 0 aromatic carbocycles. The SMILES string of the molecule is CCCNC(Cc1cnn(C)c1)c1cc2c(s1)CCSC2. The van der Waals surface area contributed by atoms with Gasteiger partial charge < -0.3 is 5.32 Å². The van der Waals surface area contributed by atoms with Crippen molar-refractivity contribution in [2.24, 2.45) is 7.05 Å². The molecule has 0 saturated heterocycles. The summed E-state index contributed by atoms with van der Waals surface area (Å²) in [7, 11) is 1.99. The van der Waals surface area contributed by atoms with Crippen molar-refractivity contribution < 1.29 is 0 Å². The van der Waals surface area contributed by atoms with Gasteiger partial charge in [-0.3, -0.25) is 4.68 Å². The lowest BCUT2D eigenvalue weighted by Gasteiger charge is -2.16. The highest BCUT2D eigenvalue weighted by molar-refractivity contribution is 7.98. The number of fused-ring (bicyclic) bond motifs is 1. The zero-order valence-corrected chi connectivity index (χ0v) is 14.4. The molecule has 3 nitrogen and oxygen atoms in total. The third-order valence-electron chi connectivity index (χ3n) is 3.83. The van der Waals surface area contributed by atoms with Crippen molar-refractivity contribution in [3.8, 4) is 0 Å². The molecule has 114 valence electrons. The molecule has 1 aliphatic rings. The highest BCUT2D eigenvalue weighted by Crippen LogP contribution is 2.35. The molecule has 1 aliphatic heterocycles. The van der Waals surface area contributed by atoms with Crippen molar-refractivity contribution >= 4 is 23.1 Å². The van der Waals surface area contributed by atoms with Crippen LogP contribution in [0.4, 0.5) is 0 Å². The molecule has 0 bridgehead atoms. The fourth-order valence-electron chi connectivity index (χ4n) is 2.75. The maximum Gasteiger partial charge on any atom is 0.0522 e. The van der Waals surface area contributed by atoms with Gasteiger partial charge in [0.2, 0.25) is 0 Å². The molecule has 1 unspecified atom stereocenters. The van der Waals surface area contributed by atoms with Crippen LogP contribution in [-0.2, 0) is 25.6 Å². The predicted molar refractivity (Wildman–Crippen MR) is 92.1 cm³/mol. The van der Waals surface area contributed by atoms with Crippen LogP contribution < -0.4 is 5.32 Å². The maximum atomic E-state index is 4.30. The molecule has 3 heterocycles. The normalized spacial score (nSPS) is 15.9. The Bertz CT molecular complexity index is 565. The molecule has 0 radical (unpaired) electrons. The first-order valence-electron chi connectivity index (χ1n) is 7.66. The van der Waals surface area contributed by atoms with Gasteiger partial charge in [-0.05, 0) is 48.8 Å². The van der Waals surface area contributed by atoms with Crippen molar-refractivity contribution in [3.63, 3.8) is 0 Å². The zero-order chi connectivity index (χ0) is 14.7. The van der Waals surface area contributed by atoms with Gasteiger partial charge in [0.25, 0.3) is 0 Å². The van der Waals surface area contributed by atoms with E-state index in [4.69, 9.17) is 0 Å². The summed E-state index contributed by atoms with van der Waals surface area (Å²) in [6, 6.07) is 2.87. The lowest BCUT2D eigenvalue weighted by Crippen LogP contribution is -2.23. The Balaban J connectivity index is 1.79. The number of hydrogen-bond acceptors (Lipinski definition) is 4. The van der Waals surface area contributed by atoms with Crippen LogP contribution in [0.15, 0.2) is 18.5 Å². The van der Waals surface area contributed by atoms with E-state index in [0.717, 1.165) is 13.0 Å². The Kier molecular flexibility index (Phi) is 5.03. The minimum atomic E-state index is 0.426. The van der Waals surface area contributed by atoms with E-state index >= 15 is 0 Å². The molecule has 1 N–H and O–H groups in total. The first-order chi connectivity index (χ1) is 10.3. The Labute approximate surface area is 135 Å². The van der Waals surface area contributed by atoms with E-state index in [-0.39, 0.29) is 0 Å². The number of nitrogens with one attached hydrogen (secondary N) is 1. The number of thiophene rings is 1. The Morgan fingerprint density at radius 1 is 1.48 bits per heavy atom. The summed E-state index contributed by atoms with van der Waals surface area (Å²) in [6.45, 7) is 3.30. The van der Waals surface area contributed by atoms with Crippen LogP contribution >= 0.6 is 23.1 Å². The van der Waals surface area contributed by atoms with E-state index in [1.807, 2.05) is 29.3 Å². The smallest absolute Gasteiger partial charge is 0.0522 e. The molecule has 3 rings (SSSR count). The van der Waals surface area contributed by atoms with Crippen molar-refractivity contribution in [1.82, 2.24) is 15.1 Å². The lowest BCUT2D eigenvalue weighted by atomic mass is 10.1. The fourth-order valence-corrected chi connectivity index (χ4v) is 5.20. The van der Waals surface area contributed by atoms with Gasteiger partial charge in [0.05, 0.1) is 6.20 Å². The molecule has 0 amide bonds. The van der Waals surface area contributed by atoms with Crippen LogP contribution in [0.25, 0.3) is 0 Å². The van der Waals surface area contributed by atoms with Crippen LogP contribution in [0, 0.1) is 0 Å². The van der Waals surface area contributed by atoms with Gasteiger partial charge in [0.15, 0.2) is 0 Å². The first kappa shape index (κ1) is 15.1. The van der Waals surface area contributed by atoms with Crippen LogP contribution in [0.2, 0.25) is 0 Å². The Hall–Kier alpha value is -0.780. The van der Waals surface area contributed by atoms with Gasteiger partial charge >= 0.3 is 0 Å². The summed E-state index contributed by atoms with van der Waals surface area (Å²) in [5.41, 5.74) is 2.88. The number of hydrogen-bond donors (Lipinski definition) is 1. The molecule has 0 spiro atoms. The van der Waals surface area contributed by atoms with E-state index in [9.17, 15) is 0 Å². The quantitative estimate of drug-likeness (QED) is 0.882. The summed E-state index contributed by atoms with van der Waals surface area (Å²) in [5.74, 6) is 2.47. The monoisotopic (exact) mass is 321 g/mol. The van der Waals surface area contributed by atoms with Gasteiger partial charge in [0.1, 0.15) is 0 Å². The van der Waals surface area contributed by atoms with Crippen molar-refractivity contribution in [2.45, 2.75) is 38.0 Å². The standard InChI is InChI=1S/C16H23N3S2/c1-3-5-17-14(7-12-9-18-19(2)10-12)16-8-13-11-20-6-4-15(13)21-16/h8-10,14,17H,3-7,11H2,1-2H3.